The molecule has 0 saturated carbocycles. The number of piperazine rings is 1. The maximum absolute atomic E-state index is 12.7. The van der Waals surface area contributed by atoms with Crippen LogP contribution in [0.3, 0.4) is 0 Å². The third kappa shape index (κ3) is 3.58. The third-order valence-electron chi connectivity index (χ3n) is 4.52. The predicted molar refractivity (Wildman–Crippen MR) is 91.2 cm³/mol. The zero-order valence-corrected chi connectivity index (χ0v) is 15.1. The third-order valence-corrected chi connectivity index (χ3v) is 6.43. The largest absolute Gasteiger partial charge is 0.361 e. The van der Waals surface area contributed by atoms with Gasteiger partial charge in [-0.3, -0.25) is 4.90 Å². The van der Waals surface area contributed by atoms with E-state index in [1.54, 1.807) is 0 Å². The monoisotopic (exact) mass is 360 g/mol. The molecule has 1 aromatic heterocycles. The molecule has 0 spiro atoms. The maximum atomic E-state index is 12.7. The fraction of sp³-hybridized carbons (Fsp3) is 0.412. The second-order valence-corrected chi connectivity index (χ2v) is 8.06. The lowest BCUT2D eigenvalue weighted by Crippen LogP contribution is -2.48. The number of aromatic nitrogens is 1. The summed E-state index contributed by atoms with van der Waals surface area (Å²) in [5.74, 6) is 0.810. The number of sulfonamides is 1. The van der Waals surface area contributed by atoms with E-state index in [9.17, 15) is 8.42 Å². The summed E-state index contributed by atoms with van der Waals surface area (Å²) in [6.45, 7) is 6.70. The molecule has 1 fully saturated rings. The van der Waals surface area contributed by atoms with Gasteiger partial charge in [0.05, 0.1) is 22.2 Å². The fourth-order valence-electron chi connectivity index (χ4n) is 2.93. The standard InChI is InChI=1S/C17H20N4O3S/c1-13-17(14(2)24-19-13)12-20-7-9-21(10-8-20)25(22,23)16-5-3-15(11-18)4-6-16/h3-6H,7-10,12H2,1-2H3. The molecule has 1 aliphatic rings. The number of hydrogen-bond acceptors (Lipinski definition) is 6. The molecule has 1 aromatic carbocycles. The molecule has 0 radical (unpaired) electrons. The van der Waals surface area contributed by atoms with Crippen LogP contribution in [-0.4, -0.2) is 49.0 Å². The summed E-state index contributed by atoms with van der Waals surface area (Å²) in [6.07, 6.45) is 0. The number of nitrogens with zero attached hydrogens (tertiary/aromatic N) is 4. The van der Waals surface area contributed by atoms with Gasteiger partial charge < -0.3 is 4.52 Å². The lowest BCUT2D eigenvalue weighted by Gasteiger charge is -2.33. The Bertz CT molecular complexity index is 869. The molecular formula is C17H20N4O3S. The van der Waals surface area contributed by atoms with Crippen LogP contribution in [0.4, 0.5) is 0 Å². The maximum Gasteiger partial charge on any atom is 0.243 e. The van der Waals surface area contributed by atoms with Crippen molar-refractivity contribution in [2.75, 3.05) is 26.2 Å². The summed E-state index contributed by atoms with van der Waals surface area (Å²) in [5, 5.41) is 12.8. The molecule has 0 N–H and O–H groups in total. The molecule has 0 unspecified atom stereocenters. The molecule has 1 saturated heterocycles. The van der Waals surface area contributed by atoms with Crippen LogP contribution >= 0.6 is 0 Å². The Morgan fingerprint density at radius 3 is 2.32 bits per heavy atom. The first-order chi connectivity index (χ1) is 11.9. The molecule has 2 aromatic rings. The molecule has 8 heteroatoms. The number of rotatable bonds is 4. The van der Waals surface area contributed by atoms with E-state index in [2.05, 4.69) is 10.1 Å². The van der Waals surface area contributed by atoms with Crippen molar-refractivity contribution in [1.82, 2.24) is 14.4 Å². The lowest BCUT2D eigenvalue weighted by molar-refractivity contribution is 0.180. The Labute approximate surface area is 147 Å². The number of hydrogen-bond donors (Lipinski definition) is 0. The van der Waals surface area contributed by atoms with Crippen LogP contribution in [-0.2, 0) is 16.6 Å². The van der Waals surface area contributed by atoms with E-state index in [4.69, 9.17) is 9.78 Å². The van der Waals surface area contributed by atoms with E-state index in [1.165, 1.54) is 28.6 Å². The Morgan fingerprint density at radius 1 is 1.16 bits per heavy atom. The van der Waals surface area contributed by atoms with Gasteiger partial charge in [0.15, 0.2) is 0 Å². The minimum absolute atomic E-state index is 0.227. The average Bonchev–Trinajstić information content (AvgIpc) is 2.94. The van der Waals surface area contributed by atoms with E-state index in [0.29, 0.717) is 38.3 Å². The molecule has 132 valence electrons. The van der Waals surface area contributed by atoms with Crippen LogP contribution in [0.15, 0.2) is 33.7 Å². The fourth-order valence-corrected chi connectivity index (χ4v) is 4.35. The van der Waals surface area contributed by atoms with Gasteiger partial charge >= 0.3 is 0 Å². The Morgan fingerprint density at radius 2 is 1.80 bits per heavy atom. The Kier molecular flexibility index (Phi) is 4.90. The highest BCUT2D eigenvalue weighted by Crippen LogP contribution is 2.20. The summed E-state index contributed by atoms with van der Waals surface area (Å²) in [7, 11) is -3.52. The summed E-state index contributed by atoms with van der Waals surface area (Å²) in [5.41, 5.74) is 2.40. The molecule has 0 atom stereocenters. The molecule has 3 rings (SSSR count). The van der Waals surface area contributed by atoms with E-state index < -0.39 is 10.0 Å². The minimum Gasteiger partial charge on any atom is -0.361 e. The van der Waals surface area contributed by atoms with Crippen molar-refractivity contribution in [1.29, 1.82) is 5.26 Å². The van der Waals surface area contributed by atoms with Crippen LogP contribution in [0.25, 0.3) is 0 Å². The van der Waals surface area contributed by atoms with Crippen molar-refractivity contribution in [3.8, 4) is 6.07 Å². The van der Waals surface area contributed by atoms with Crippen LogP contribution in [0.2, 0.25) is 0 Å². The summed E-state index contributed by atoms with van der Waals surface area (Å²) < 4.78 is 32.1. The summed E-state index contributed by atoms with van der Waals surface area (Å²) >= 11 is 0. The average molecular weight is 360 g/mol. The van der Waals surface area contributed by atoms with E-state index >= 15 is 0 Å². The molecule has 25 heavy (non-hydrogen) atoms. The Hall–Kier alpha value is -2.21. The smallest absolute Gasteiger partial charge is 0.243 e. The highest BCUT2D eigenvalue weighted by molar-refractivity contribution is 7.89. The number of aryl methyl sites for hydroxylation is 2. The van der Waals surface area contributed by atoms with Gasteiger partial charge in [-0.2, -0.15) is 9.57 Å². The van der Waals surface area contributed by atoms with Crippen molar-refractivity contribution < 1.29 is 12.9 Å². The first-order valence-corrected chi connectivity index (χ1v) is 9.50. The molecule has 0 amide bonds. The van der Waals surface area contributed by atoms with Gasteiger partial charge in [-0.05, 0) is 38.1 Å². The number of benzene rings is 1. The zero-order chi connectivity index (χ0) is 18.0. The molecular weight excluding hydrogens is 340 g/mol. The van der Waals surface area contributed by atoms with Crippen molar-refractivity contribution in [2.24, 2.45) is 0 Å². The second-order valence-electron chi connectivity index (χ2n) is 6.12. The number of nitriles is 1. The van der Waals surface area contributed by atoms with Crippen molar-refractivity contribution in [3.63, 3.8) is 0 Å². The van der Waals surface area contributed by atoms with Gasteiger partial charge in [0.1, 0.15) is 5.76 Å². The lowest BCUT2D eigenvalue weighted by atomic mass is 10.2. The molecule has 1 aliphatic heterocycles. The van der Waals surface area contributed by atoms with Crippen LogP contribution < -0.4 is 0 Å². The van der Waals surface area contributed by atoms with Crippen LogP contribution in [0, 0.1) is 25.2 Å². The van der Waals surface area contributed by atoms with E-state index in [0.717, 1.165) is 17.0 Å². The molecule has 0 bridgehead atoms. The van der Waals surface area contributed by atoms with Crippen LogP contribution in [0.1, 0.15) is 22.6 Å². The first-order valence-electron chi connectivity index (χ1n) is 8.06. The van der Waals surface area contributed by atoms with Crippen LogP contribution in [0.5, 0.6) is 0 Å². The minimum atomic E-state index is -3.52. The van der Waals surface area contributed by atoms with Crippen molar-refractivity contribution in [3.05, 3.63) is 46.8 Å². The first kappa shape index (κ1) is 17.6. The van der Waals surface area contributed by atoms with Gasteiger partial charge in [-0.1, -0.05) is 5.16 Å². The molecule has 2 heterocycles. The zero-order valence-electron chi connectivity index (χ0n) is 14.3. The predicted octanol–water partition coefficient (Wildman–Crippen LogP) is 1.67. The summed E-state index contributed by atoms with van der Waals surface area (Å²) in [6, 6.07) is 8.03. The van der Waals surface area contributed by atoms with Gasteiger partial charge in [-0.15, -0.1) is 0 Å². The molecule has 0 aliphatic carbocycles. The van der Waals surface area contributed by atoms with Crippen molar-refractivity contribution in [2.45, 2.75) is 25.3 Å². The van der Waals surface area contributed by atoms with Gasteiger partial charge in [0.25, 0.3) is 0 Å². The van der Waals surface area contributed by atoms with E-state index in [-0.39, 0.29) is 4.90 Å². The van der Waals surface area contributed by atoms with Gasteiger partial charge in [0.2, 0.25) is 10.0 Å². The highest BCUT2D eigenvalue weighted by Gasteiger charge is 2.29. The van der Waals surface area contributed by atoms with E-state index in [1.807, 2.05) is 19.9 Å². The van der Waals surface area contributed by atoms with Crippen molar-refractivity contribution >= 4 is 10.0 Å². The normalized spacial score (nSPS) is 16.7. The highest BCUT2D eigenvalue weighted by atomic mass is 32.2. The Balaban J connectivity index is 1.66. The van der Waals surface area contributed by atoms with Gasteiger partial charge in [-0.25, -0.2) is 8.42 Å². The SMILES string of the molecule is Cc1noc(C)c1CN1CCN(S(=O)(=O)c2ccc(C#N)cc2)CC1. The summed E-state index contributed by atoms with van der Waals surface area (Å²) in [4.78, 5) is 2.43. The quantitative estimate of drug-likeness (QED) is 0.824. The molecule has 7 nitrogen and oxygen atoms in total. The topological polar surface area (TPSA) is 90.4 Å². The second kappa shape index (κ2) is 6.96. The van der Waals surface area contributed by atoms with Gasteiger partial charge in [0, 0.05) is 38.3 Å².